The molecular formula is C33H37F3N4O5. The maximum absolute atomic E-state index is 13.1. The Kier molecular flexibility index (Phi) is 10.5. The van der Waals surface area contributed by atoms with E-state index in [0.29, 0.717) is 35.5 Å². The summed E-state index contributed by atoms with van der Waals surface area (Å²) in [5.74, 6) is -2.69. The van der Waals surface area contributed by atoms with E-state index < -0.39 is 30.3 Å². The Morgan fingerprint density at radius 2 is 1.87 bits per heavy atom. The average molecular weight is 627 g/mol. The number of benzene rings is 2. The molecule has 2 aromatic carbocycles. The number of rotatable bonds is 10. The molecule has 3 heterocycles. The maximum atomic E-state index is 13.1. The summed E-state index contributed by atoms with van der Waals surface area (Å²) in [5, 5.41) is 12.2. The summed E-state index contributed by atoms with van der Waals surface area (Å²) in [7, 11) is 2.02. The lowest BCUT2D eigenvalue weighted by Crippen LogP contribution is -2.48. The highest BCUT2D eigenvalue weighted by atomic mass is 19.4. The van der Waals surface area contributed by atoms with Crippen molar-refractivity contribution in [2.75, 3.05) is 32.0 Å². The third-order valence-corrected chi connectivity index (χ3v) is 8.09. The minimum atomic E-state index is -5.05. The fraction of sp³-hybridized carbons (Fsp3) is 0.424. The topological polar surface area (TPSA) is 104 Å². The normalized spacial score (nSPS) is 22.0. The molecule has 0 spiro atoms. The van der Waals surface area contributed by atoms with Crippen molar-refractivity contribution in [2.45, 2.75) is 63.0 Å². The van der Waals surface area contributed by atoms with Crippen molar-refractivity contribution in [3.05, 3.63) is 95.3 Å². The first-order chi connectivity index (χ1) is 21.6. The van der Waals surface area contributed by atoms with Crippen molar-refractivity contribution < 1.29 is 37.3 Å². The Morgan fingerprint density at radius 3 is 2.58 bits per heavy atom. The van der Waals surface area contributed by atoms with Crippen LogP contribution in [0.5, 0.6) is 0 Å². The number of likely N-dealkylation sites (N-methyl/N-ethyl adjacent to an activating group) is 1. The van der Waals surface area contributed by atoms with E-state index in [1.54, 1.807) is 30.5 Å². The number of aromatic nitrogens is 1. The number of pyridine rings is 1. The zero-order valence-electron chi connectivity index (χ0n) is 25.0. The van der Waals surface area contributed by atoms with Gasteiger partial charge in [-0.2, -0.15) is 13.2 Å². The monoisotopic (exact) mass is 626 g/mol. The molecule has 1 aromatic heterocycles. The molecule has 0 radical (unpaired) electrons. The van der Waals surface area contributed by atoms with E-state index in [9.17, 15) is 27.9 Å². The Balaban J connectivity index is 1.30. The number of alkyl halides is 3. The van der Waals surface area contributed by atoms with Gasteiger partial charge in [0.2, 0.25) is 5.91 Å². The van der Waals surface area contributed by atoms with Crippen LogP contribution in [0.2, 0.25) is 0 Å². The first-order valence-electron chi connectivity index (χ1n) is 15.0. The number of likely N-dealkylation sites (tertiary alicyclic amines) is 1. The van der Waals surface area contributed by atoms with E-state index in [2.05, 4.69) is 15.2 Å². The maximum Gasteiger partial charge on any atom is 0.471 e. The van der Waals surface area contributed by atoms with Crippen molar-refractivity contribution in [2.24, 2.45) is 0 Å². The number of ether oxygens (including phenoxy) is 2. The average Bonchev–Trinajstić information content (AvgIpc) is 3.54. The molecule has 240 valence electrons. The Hall–Kier alpha value is -3.84. The number of halogens is 3. The van der Waals surface area contributed by atoms with Gasteiger partial charge in [0, 0.05) is 55.6 Å². The number of hydrogen-bond acceptors (Lipinski definition) is 7. The summed E-state index contributed by atoms with van der Waals surface area (Å²) in [6.07, 6.45) is -2.76. The lowest BCUT2D eigenvalue weighted by Gasteiger charge is -2.38. The van der Waals surface area contributed by atoms with Crippen molar-refractivity contribution in [3.63, 3.8) is 0 Å². The number of carbonyl (C=O) groups is 2. The summed E-state index contributed by atoms with van der Waals surface area (Å²) < 4.78 is 52.1. The van der Waals surface area contributed by atoms with E-state index in [1.807, 2.05) is 49.5 Å². The second-order valence-electron chi connectivity index (χ2n) is 11.5. The van der Waals surface area contributed by atoms with Gasteiger partial charge in [0.25, 0.3) is 0 Å². The van der Waals surface area contributed by atoms with Gasteiger partial charge in [0.05, 0.1) is 18.8 Å². The van der Waals surface area contributed by atoms with Crippen LogP contribution < -0.4 is 5.32 Å². The van der Waals surface area contributed by atoms with Gasteiger partial charge in [-0.25, -0.2) is 0 Å². The standard InChI is InChI=1S/C33H37F3N4O5/c1-39(17-14-25-7-2-3-15-37-25)20-27-19-29(23-12-10-22(21-41)11-13-23)45-31(44-27)24-6-4-8-26(18-24)38-30(42)28-9-5-16-40(28)32(43)33(34,35)36/h2-4,6-8,10-13,15,18,27-29,31,41H,5,9,14,16-17,19-21H2,1H3,(H,38,42). The summed E-state index contributed by atoms with van der Waals surface area (Å²) in [4.78, 5) is 32.0. The predicted octanol–water partition coefficient (Wildman–Crippen LogP) is 4.79. The molecule has 2 amide bonds. The number of aliphatic hydroxyl groups excluding tert-OH is 1. The number of amides is 2. The lowest BCUT2D eigenvalue weighted by atomic mass is 9.99. The van der Waals surface area contributed by atoms with Gasteiger partial charge >= 0.3 is 12.1 Å². The van der Waals surface area contributed by atoms with Crippen LogP contribution in [0.15, 0.2) is 72.9 Å². The van der Waals surface area contributed by atoms with Crippen LogP contribution in [0.25, 0.3) is 0 Å². The van der Waals surface area contributed by atoms with Crippen LogP contribution >= 0.6 is 0 Å². The van der Waals surface area contributed by atoms with Crippen LogP contribution in [0.1, 0.15) is 54.0 Å². The second kappa shape index (κ2) is 14.5. The molecule has 2 aliphatic rings. The highest BCUT2D eigenvalue weighted by Gasteiger charge is 2.47. The number of aliphatic hydroxyl groups is 1. The zero-order chi connectivity index (χ0) is 32.0. The molecule has 0 bridgehead atoms. The van der Waals surface area contributed by atoms with Crippen molar-refractivity contribution >= 4 is 17.5 Å². The van der Waals surface area contributed by atoms with Crippen molar-refractivity contribution in [3.8, 4) is 0 Å². The largest absolute Gasteiger partial charge is 0.471 e. The molecule has 2 aliphatic heterocycles. The smallest absolute Gasteiger partial charge is 0.392 e. The second-order valence-corrected chi connectivity index (χ2v) is 11.5. The first-order valence-corrected chi connectivity index (χ1v) is 15.0. The molecule has 12 heteroatoms. The van der Waals surface area contributed by atoms with E-state index in [0.717, 1.165) is 29.8 Å². The van der Waals surface area contributed by atoms with Gasteiger partial charge in [-0.15, -0.1) is 0 Å². The zero-order valence-corrected chi connectivity index (χ0v) is 25.0. The molecule has 0 aliphatic carbocycles. The summed E-state index contributed by atoms with van der Waals surface area (Å²) >= 11 is 0. The molecule has 9 nitrogen and oxygen atoms in total. The van der Waals surface area contributed by atoms with E-state index in [4.69, 9.17) is 9.47 Å². The van der Waals surface area contributed by atoms with Crippen LogP contribution in [0.4, 0.5) is 18.9 Å². The van der Waals surface area contributed by atoms with Gasteiger partial charge in [-0.05, 0) is 55.3 Å². The summed E-state index contributed by atoms with van der Waals surface area (Å²) in [5.41, 5.74) is 3.70. The number of hydrogen-bond donors (Lipinski definition) is 2. The Morgan fingerprint density at radius 1 is 1.07 bits per heavy atom. The lowest BCUT2D eigenvalue weighted by molar-refractivity contribution is -0.252. The molecule has 45 heavy (non-hydrogen) atoms. The molecule has 2 saturated heterocycles. The van der Waals surface area contributed by atoms with Crippen LogP contribution in [-0.4, -0.2) is 76.7 Å². The van der Waals surface area contributed by atoms with Crippen molar-refractivity contribution in [1.29, 1.82) is 0 Å². The Labute approximate surface area is 260 Å². The van der Waals surface area contributed by atoms with E-state index >= 15 is 0 Å². The highest BCUT2D eigenvalue weighted by molar-refractivity contribution is 5.98. The SMILES string of the molecule is CN(CCc1ccccn1)CC1CC(c2ccc(CO)cc2)OC(c2cccc(NC(=O)C3CCCN3C(=O)C(F)(F)F)c2)O1. The molecule has 3 aromatic rings. The fourth-order valence-electron chi connectivity index (χ4n) is 5.76. The third kappa shape index (κ3) is 8.46. The molecule has 0 saturated carbocycles. The molecular weight excluding hydrogens is 589 g/mol. The summed E-state index contributed by atoms with van der Waals surface area (Å²) in [6.45, 7) is 1.20. The molecule has 2 fully saturated rings. The fourth-order valence-corrected chi connectivity index (χ4v) is 5.76. The van der Waals surface area contributed by atoms with Crippen LogP contribution in [-0.2, 0) is 32.1 Å². The van der Waals surface area contributed by atoms with Gasteiger partial charge in [-0.3, -0.25) is 14.6 Å². The quantitative estimate of drug-likeness (QED) is 0.334. The van der Waals surface area contributed by atoms with E-state index in [-0.39, 0.29) is 31.8 Å². The minimum absolute atomic E-state index is 0.0667. The van der Waals surface area contributed by atoms with Gasteiger partial charge in [-0.1, -0.05) is 42.5 Å². The number of anilines is 1. The van der Waals surface area contributed by atoms with Crippen LogP contribution in [0, 0.1) is 0 Å². The first kappa shape index (κ1) is 32.6. The molecule has 5 rings (SSSR count). The number of carbonyl (C=O) groups excluding carboxylic acids is 2. The van der Waals surface area contributed by atoms with Gasteiger partial charge in [0.15, 0.2) is 6.29 Å². The van der Waals surface area contributed by atoms with E-state index in [1.165, 1.54) is 0 Å². The highest BCUT2D eigenvalue weighted by Crippen LogP contribution is 2.39. The summed E-state index contributed by atoms with van der Waals surface area (Å²) in [6, 6.07) is 19.0. The number of nitrogens with zero attached hydrogens (tertiary/aromatic N) is 3. The third-order valence-electron chi connectivity index (χ3n) is 8.09. The Bertz CT molecular complexity index is 1440. The van der Waals surface area contributed by atoms with Gasteiger partial charge in [0.1, 0.15) is 6.04 Å². The minimum Gasteiger partial charge on any atom is -0.392 e. The van der Waals surface area contributed by atoms with Gasteiger partial charge < -0.3 is 29.7 Å². The molecule has 4 atom stereocenters. The predicted molar refractivity (Wildman–Crippen MR) is 160 cm³/mol. The van der Waals surface area contributed by atoms with Crippen molar-refractivity contribution in [1.82, 2.24) is 14.8 Å². The van der Waals surface area contributed by atoms with Crippen LogP contribution in [0.3, 0.4) is 0 Å². The number of nitrogens with one attached hydrogen (secondary N) is 1. The molecule has 4 unspecified atom stereocenters. The molecule has 2 N–H and O–H groups in total.